The molecular weight excluding hydrogens is 214 g/mol. The van der Waals surface area contributed by atoms with Gasteiger partial charge in [0.15, 0.2) is 0 Å². The molecule has 0 radical (unpaired) electrons. The van der Waals surface area contributed by atoms with Gasteiger partial charge in [-0.25, -0.2) is 0 Å². The smallest absolute Gasteiger partial charge is 0.123 e. The Bertz CT molecular complexity index is 553. The molecule has 1 atom stereocenters. The zero-order chi connectivity index (χ0) is 12.3. The average Bonchev–Trinajstić information content (AvgIpc) is 2.78. The van der Waals surface area contributed by atoms with Crippen LogP contribution in [-0.4, -0.2) is 18.6 Å². The van der Waals surface area contributed by atoms with E-state index >= 15 is 0 Å². The van der Waals surface area contributed by atoms with Crippen LogP contribution >= 0.6 is 0 Å². The minimum absolute atomic E-state index is 0.291. The quantitative estimate of drug-likeness (QED) is 0.846. The number of nitriles is 1. The predicted molar refractivity (Wildman–Crippen MR) is 66.9 cm³/mol. The van der Waals surface area contributed by atoms with Crippen LogP contribution in [0, 0.1) is 11.3 Å². The number of methoxy groups -OCH3 is 1. The minimum Gasteiger partial charge on any atom is -0.497 e. The third kappa shape index (κ3) is 2.10. The molecular formula is C13H15N3O. The summed E-state index contributed by atoms with van der Waals surface area (Å²) in [6.45, 7) is 2.74. The van der Waals surface area contributed by atoms with Gasteiger partial charge in [-0.2, -0.15) is 5.26 Å². The Morgan fingerprint density at radius 3 is 3.00 bits per heavy atom. The molecule has 0 spiro atoms. The van der Waals surface area contributed by atoms with Crippen molar-refractivity contribution in [3.63, 3.8) is 0 Å². The van der Waals surface area contributed by atoms with E-state index in [0.717, 1.165) is 28.8 Å². The van der Waals surface area contributed by atoms with E-state index in [-0.39, 0.29) is 6.04 Å². The molecule has 0 aliphatic carbocycles. The van der Waals surface area contributed by atoms with Gasteiger partial charge in [0, 0.05) is 22.7 Å². The number of nitrogens with zero attached hydrogens (tertiary/aromatic N) is 1. The molecule has 17 heavy (non-hydrogen) atoms. The molecule has 88 valence electrons. The highest BCUT2D eigenvalue weighted by atomic mass is 16.5. The van der Waals surface area contributed by atoms with Gasteiger partial charge >= 0.3 is 0 Å². The fourth-order valence-corrected chi connectivity index (χ4v) is 1.92. The number of hydrogen-bond acceptors (Lipinski definition) is 3. The van der Waals surface area contributed by atoms with Crippen LogP contribution in [-0.2, 0) is 0 Å². The van der Waals surface area contributed by atoms with Crippen molar-refractivity contribution in [3.05, 3.63) is 30.0 Å². The molecule has 1 unspecified atom stereocenters. The van der Waals surface area contributed by atoms with Gasteiger partial charge < -0.3 is 9.72 Å². The molecule has 0 bridgehead atoms. The lowest BCUT2D eigenvalue weighted by Crippen LogP contribution is -2.18. The molecule has 4 nitrogen and oxygen atoms in total. The maximum absolute atomic E-state index is 9.16. The molecule has 2 rings (SSSR count). The monoisotopic (exact) mass is 229 g/mol. The zero-order valence-electron chi connectivity index (χ0n) is 9.95. The first-order valence-corrected chi connectivity index (χ1v) is 5.58. The SMILES string of the molecule is CCNC(C#N)c1c[nH]c2ccc(OC)cc12. The minimum atomic E-state index is -0.291. The fourth-order valence-electron chi connectivity index (χ4n) is 1.92. The van der Waals surface area contributed by atoms with Gasteiger partial charge in [-0.3, -0.25) is 5.32 Å². The Hall–Kier alpha value is -1.99. The lowest BCUT2D eigenvalue weighted by atomic mass is 10.1. The van der Waals surface area contributed by atoms with Crippen LogP contribution in [0.15, 0.2) is 24.4 Å². The number of benzene rings is 1. The standard InChI is InChI=1S/C13H15N3O/c1-3-15-13(7-14)11-8-16-12-5-4-9(17-2)6-10(11)12/h4-6,8,13,15-16H,3H2,1-2H3. The lowest BCUT2D eigenvalue weighted by Gasteiger charge is -2.08. The first-order valence-electron chi connectivity index (χ1n) is 5.58. The highest BCUT2D eigenvalue weighted by Crippen LogP contribution is 2.27. The molecule has 0 fully saturated rings. The van der Waals surface area contributed by atoms with Gasteiger partial charge in [0.05, 0.1) is 13.2 Å². The van der Waals surface area contributed by atoms with Crippen molar-refractivity contribution >= 4 is 10.9 Å². The van der Waals surface area contributed by atoms with Crippen molar-refractivity contribution in [1.29, 1.82) is 5.26 Å². The third-order valence-electron chi connectivity index (χ3n) is 2.77. The number of fused-ring (bicyclic) bond motifs is 1. The second-order valence-corrected chi connectivity index (χ2v) is 3.78. The van der Waals surface area contributed by atoms with E-state index in [2.05, 4.69) is 16.4 Å². The molecule has 4 heteroatoms. The highest BCUT2D eigenvalue weighted by molar-refractivity contribution is 5.85. The Morgan fingerprint density at radius 1 is 1.53 bits per heavy atom. The normalized spacial score (nSPS) is 12.3. The van der Waals surface area contributed by atoms with E-state index < -0.39 is 0 Å². The van der Waals surface area contributed by atoms with Crippen molar-refractivity contribution in [2.75, 3.05) is 13.7 Å². The maximum Gasteiger partial charge on any atom is 0.123 e. The molecule has 0 saturated heterocycles. The number of ether oxygens (including phenoxy) is 1. The number of nitrogens with one attached hydrogen (secondary N) is 2. The largest absolute Gasteiger partial charge is 0.497 e. The summed E-state index contributed by atoms with van der Waals surface area (Å²) < 4.78 is 5.20. The summed E-state index contributed by atoms with van der Waals surface area (Å²) in [6.07, 6.45) is 1.88. The number of aromatic nitrogens is 1. The van der Waals surface area contributed by atoms with Gasteiger partial charge in [0.1, 0.15) is 11.8 Å². The zero-order valence-corrected chi connectivity index (χ0v) is 9.95. The van der Waals surface area contributed by atoms with E-state index in [0.29, 0.717) is 0 Å². The summed E-state index contributed by atoms with van der Waals surface area (Å²) >= 11 is 0. The molecule has 2 aromatic rings. The van der Waals surface area contributed by atoms with Crippen LogP contribution in [0.25, 0.3) is 10.9 Å². The first kappa shape index (κ1) is 11.5. The van der Waals surface area contributed by atoms with Gasteiger partial charge in [-0.15, -0.1) is 0 Å². The van der Waals surface area contributed by atoms with Gasteiger partial charge in [-0.1, -0.05) is 6.92 Å². The van der Waals surface area contributed by atoms with Gasteiger partial charge in [0.25, 0.3) is 0 Å². The summed E-state index contributed by atoms with van der Waals surface area (Å²) in [4.78, 5) is 3.17. The molecule has 0 aliphatic heterocycles. The molecule has 0 saturated carbocycles. The molecule has 1 heterocycles. The van der Waals surface area contributed by atoms with Crippen LogP contribution < -0.4 is 10.1 Å². The number of rotatable bonds is 4. The summed E-state index contributed by atoms with van der Waals surface area (Å²) in [6, 6.07) is 7.78. The highest BCUT2D eigenvalue weighted by Gasteiger charge is 2.14. The third-order valence-corrected chi connectivity index (χ3v) is 2.77. The van der Waals surface area contributed by atoms with E-state index in [1.165, 1.54) is 0 Å². The van der Waals surface area contributed by atoms with E-state index in [1.54, 1.807) is 7.11 Å². The summed E-state index contributed by atoms with van der Waals surface area (Å²) in [7, 11) is 1.64. The van der Waals surface area contributed by atoms with Crippen molar-refractivity contribution in [2.45, 2.75) is 13.0 Å². The summed E-state index contributed by atoms with van der Waals surface area (Å²) in [5.74, 6) is 0.798. The number of aromatic amines is 1. The first-order chi connectivity index (χ1) is 8.30. The van der Waals surface area contributed by atoms with E-state index in [4.69, 9.17) is 10.00 Å². The molecule has 0 amide bonds. The topological polar surface area (TPSA) is 60.8 Å². The van der Waals surface area contributed by atoms with Crippen molar-refractivity contribution in [1.82, 2.24) is 10.3 Å². The molecule has 0 aliphatic rings. The lowest BCUT2D eigenvalue weighted by molar-refractivity contribution is 0.415. The van der Waals surface area contributed by atoms with Crippen molar-refractivity contribution < 1.29 is 4.74 Å². The maximum atomic E-state index is 9.16. The van der Waals surface area contributed by atoms with Crippen LogP contribution in [0.3, 0.4) is 0 Å². The number of hydrogen-bond donors (Lipinski definition) is 2. The van der Waals surface area contributed by atoms with Crippen molar-refractivity contribution in [3.8, 4) is 11.8 Å². The van der Waals surface area contributed by atoms with Crippen LogP contribution in [0.2, 0.25) is 0 Å². The molecule has 1 aromatic carbocycles. The second-order valence-electron chi connectivity index (χ2n) is 3.78. The predicted octanol–water partition coefficient (Wildman–Crippen LogP) is 2.35. The Labute approximate surface area is 100 Å². The Balaban J connectivity index is 2.50. The molecule has 1 aromatic heterocycles. The summed E-state index contributed by atoms with van der Waals surface area (Å²) in [5, 5.41) is 13.3. The Morgan fingerprint density at radius 2 is 2.35 bits per heavy atom. The van der Waals surface area contributed by atoms with Crippen LogP contribution in [0.5, 0.6) is 5.75 Å². The fraction of sp³-hybridized carbons (Fsp3) is 0.308. The van der Waals surface area contributed by atoms with E-state index in [9.17, 15) is 0 Å². The second kappa shape index (κ2) is 4.89. The average molecular weight is 229 g/mol. The summed E-state index contributed by atoms with van der Waals surface area (Å²) in [5.41, 5.74) is 1.97. The van der Waals surface area contributed by atoms with E-state index in [1.807, 2.05) is 31.3 Å². The van der Waals surface area contributed by atoms with Gasteiger partial charge in [0.2, 0.25) is 0 Å². The molecule has 2 N–H and O–H groups in total. The van der Waals surface area contributed by atoms with Gasteiger partial charge in [-0.05, 0) is 24.7 Å². The van der Waals surface area contributed by atoms with Crippen LogP contribution in [0.4, 0.5) is 0 Å². The van der Waals surface area contributed by atoms with Crippen LogP contribution in [0.1, 0.15) is 18.5 Å². The van der Waals surface area contributed by atoms with Crippen molar-refractivity contribution in [2.24, 2.45) is 0 Å². The number of H-pyrrole nitrogens is 1. The Kier molecular flexibility index (Phi) is 3.31.